The molecule has 0 aromatic heterocycles. The van der Waals surface area contributed by atoms with Gasteiger partial charge in [-0.1, -0.05) is 26.0 Å². The summed E-state index contributed by atoms with van der Waals surface area (Å²) in [7, 11) is 0. The molecule has 204 valence electrons. The molecule has 0 saturated carbocycles. The molecule has 6 nitrogen and oxygen atoms in total. The van der Waals surface area contributed by atoms with Crippen LogP contribution in [0.15, 0.2) is 41.2 Å². The summed E-state index contributed by atoms with van der Waals surface area (Å²) in [6, 6.07) is 6.33. The van der Waals surface area contributed by atoms with Crippen molar-refractivity contribution in [1.29, 1.82) is 0 Å². The fraction of sp³-hybridized carbons (Fsp3) is 0.531. The number of ether oxygens (including phenoxy) is 2. The number of rotatable bonds is 0. The van der Waals surface area contributed by atoms with Gasteiger partial charge in [0.2, 0.25) is 5.43 Å². The van der Waals surface area contributed by atoms with Gasteiger partial charge in [0.1, 0.15) is 28.5 Å². The molecule has 0 radical (unpaired) electrons. The number of phenolic OH excluding ortho intramolecular Hbond substituents is 1. The molecule has 2 aromatic carbocycles. The Kier molecular flexibility index (Phi) is 6.33. The summed E-state index contributed by atoms with van der Waals surface area (Å²) in [5.74, 6) is 1.00. The Labute approximate surface area is 224 Å². The minimum absolute atomic E-state index is 0.00527. The van der Waals surface area contributed by atoms with Crippen LogP contribution >= 0.6 is 0 Å². The first-order valence-corrected chi connectivity index (χ1v) is 13.6. The molecule has 5 atom stereocenters. The molecule has 0 saturated heterocycles. The Morgan fingerprint density at radius 2 is 1.50 bits per heavy atom. The zero-order chi connectivity index (χ0) is 27.6. The molecule has 1 aliphatic carbocycles. The van der Waals surface area contributed by atoms with Crippen molar-refractivity contribution in [3.8, 4) is 23.0 Å². The van der Waals surface area contributed by atoms with Gasteiger partial charge in [0, 0.05) is 30.4 Å². The van der Waals surface area contributed by atoms with Crippen LogP contribution in [0.25, 0.3) is 0 Å². The van der Waals surface area contributed by atoms with Gasteiger partial charge in [-0.2, -0.15) is 0 Å². The minimum atomic E-state index is -0.948. The normalized spacial score (nSPS) is 32.7. The van der Waals surface area contributed by atoms with Gasteiger partial charge in [-0.25, -0.2) is 0 Å². The van der Waals surface area contributed by atoms with Gasteiger partial charge in [-0.3, -0.25) is 4.79 Å². The second-order valence-corrected chi connectivity index (χ2v) is 12.9. The Morgan fingerprint density at radius 3 is 2.21 bits per heavy atom. The van der Waals surface area contributed by atoms with Crippen molar-refractivity contribution in [3.63, 3.8) is 0 Å². The van der Waals surface area contributed by atoms with E-state index in [1.807, 2.05) is 20.8 Å². The van der Waals surface area contributed by atoms with Crippen molar-refractivity contribution >= 4 is 0 Å². The van der Waals surface area contributed by atoms with Crippen LogP contribution in [0.3, 0.4) is 0 Å². The van der Waals surface area contributed by atoms with E-state index in [0.717, 1.165) is 35.1 Å². The number of fused-ring (bicyclic) bond motifs is 4. The second-order valence-electron chi connectivity index (χ2n) is 12.9. The molecular formula is C32H40O6. The van der Waals surface area contributed by atoms with E-state index >= 15 is 0 Å². The summed E-state index contributed by atoms with van der Waals surface area (Å²) in [4.78, 5) is 12.5. The van der Waals surface area contributed by atoms with Gasteiger partial charge < -0.3 is 24.8 Å². The van der Waals surface area contributed by atoms with Crippen molar-refractivity contribution in [2.75, 3.05) is 0 Å². The maximum atomic E-state index is 12.5. The first kappa shape index (κ1) is 26.6. The smallest absolute Gasteiger partial charge is 0.223 e. The fourth-order valence-corrected chi connectivity index (χ4v) is 6.85. The van der Waals surface area contributed by atoms with Crippen LogP contribution in [-0.2, 0) is 12.8 Å². The standard InChI is InChI=1S/C32H40O6/c1-18-10-22(33)15-27-23(18)12-20-14-29(36)32(6)21(17-30(3,4)8-7-9-31(20,5)37-27)13-24-19(2)11-25(34)26(35)16-28(24)38-32/h7-8,10-11,15-16,20-21,29,33,36H,9,12-14,17H2,1-6H3,(H,34,35)/b8-7+/t20-,21-,29-,31-,32-/m1/s1. The number of aryl methyl sites for hydroxylation is 2. The quantitative estimate of drug-likeness (QED) is 0.396. The van der Waals surface area contributed by atoms with Crippen LogP contribution in [0.5, 0.6) is 23.0 Å². The summed E-state index contributed by atoms with van der Waals surface area (Å²) in [6.07, 6.45) is 6.90. The molecule has 2 aromatic rings. The molecule has 0 amide bonds. The van der Waals surface area contributed by atoms with Gasteiger partial charge in [-0.05, 0) is 93.2 Å². The van der Waals surface area contributed by atoms with E-state index in [-0.39, 0.29) is 28.7 Å². The zero-order valence-electron chi connectivity index (χ0n) is 23.3. The van der Waals surface area contributed by atoms with Crippen molar-refractivity contribution in [3.05, 3.63) is 68.9 Å². The number of aliphatic hydroxyl groups excluding tert-OH is 1. The molecule has 5 rings (SSSR count). The molecule has 2 heterocycles. The number of benzene rings is 1. The summed E-state index contributed by atoms with van der Waals surface area (Å²) in [5, 5.41) is 32.4. The molecule has 0 unspecified atom stereocenters. The summed E-state index contributed by atoms with van der Waals surface area (Å²) in [5.41, 5.74) is 1.54. The minimum Gasteiger partial charge on any atom is -0.508 e. The number of allylic oxidation sites excluding steroid dienone is 1. The lowest BCUT2D eigenvalue weighted by Gasteiger charge is -2.49. The van der Waals surface area contributed by atoms with E-state index in [2.05, 4.69) is 32.9 Å². The fourth-order valence-electron chi connectivity index (χ4n) is 6.85. The number of aliphatic hydroxyl groups is 1. The average molecular weight is 521 g/mol. The van der Waals surface area contributed by atoms with Gasteiger partial charge >= 0.3 is 0 Å². The Balaban J connectivity index is 1.61. The lowest BCUT2D eigenvalue weighted by atomic mass is 9.67. The maximum absolute atomic E-state index is 12.5. The van der Waals surface area contributed by atoms with Gasteiger partial charge in [-0.15, -0.1) is 0 Å². The van der Waals surface area contributed by atoms with Crippen LogP contribution in [-0.4, -0.2) is 32.6 Å². The van der Waals surface area contributed by atoms with Crippen LogP contribution in [0.4, 0.5) is 0 Å². The SMILES string of the molecule is Cc1cc(O)c(=O)cc2c1C[C@@H]1CC(C)(C)/C=C/C[C@@]3(C)Oc4cc(O)cc(C)c4C[C@@H]3C[C@@H](O)[C@]1(C)O2. The number of hydrogen-bond donors (Lipinski definition) is 3. The first-order chi connectivity index (χ1) is 17.7. The monoisotopic (exact) mass is 520 g/mol. The molecule has 2 aliphatic heterocycles. The van der Waals surface area contributed by atoms with Crippen LogP contribution in [0.1, 0.15) is 69.2 Å². The molecular weight excluding hydrogens is 480 g/mol. The van der Waals surface area contributed by atoms with Crippen LogP contribution < -0.4 is 14.9 Å². The summed E-state index contributed by atoms with van der Waals surface area (Å²) in [6.45, 7) is 12.3. The third-order valence-electron chi connectivity index (χ3n) is 9.34. The third-order valence-corrected chi connectivity index (χ3v) is 9.34. The first-order valence-electron chi connectivity index (χ1n) is 13.6. The van der Waals surface area contributed by atoms with Crippen molar-refractivity contribution in [2.45, 2.75) is 91.0 Å². The number of hydrogen-bond acceptors (Lipinski definition) is 6. The lowest BCUT2D eigenvalue weighted by molar-refractivity contribution is -0.117. The molecule has 0 spiro atoms. The summed E-state index contributed by atoms with van der Waals surface area (Å²) < 4.78 is 13.3. The molecule has 6 heteroatoms. The zero-order valence-corrected chi connectivity index (χ0v) is 23.3. The Bertz CT molecular complexity index is 1360. The molecule has 0 bridgehead atoms. The van der Waals surface area contributed by atoms with E-state index in [1.165, 1.54) is 12.1 Å². The predicted octanol–water partition coefficient (Wildman–Crippen LogP) is 5.52. The van der Waals surface area contributed by atoms with E-state index in [4.69, 9.17) is 9.47 Å². The number of aromatic hydroxyl groups is 2. The summed E-state index contributed by atoms with van der Waals surface area (Å²) >= 11 is 0. The van der Waals surface area contributed by atoms with Crippen LogP contribution in [0.2, 0.25) is 0 Å². The second kappa shape index (κ2) is 9.04. The van der Waals surface area contributed by atoms with E-state index in [1.54, 1.807) is 12.1 Å². The molecule has 3 N–H and O–H groups in total. The molecule has 0 fully saturated rings. The third kappa shape index (κ3) is 4.57. The van der Waals surface area contributed by atoms with E-state index in [9.17, 15) is 20.1 Å². The highest BCUT2D eigenvalue weighted by Gasteiger charge is 2.51. The van der Waals surface area contributed by atoms with Gasteiger partial charge in [0.15, 0.2) is 5.75 Å². The molecule has 3 aliphatic rings. The molecule has 38 heavy (non-hydrogen) atoms. The van der Waals surface area contributed by atoms with Crippen molar-refractivity contribution in [2.24, 2.45) is 17.3 Å². The van der Waals surface area contributed by atoms with Gasteiger partial charge in [0.25, 0.3) is 0 Å². The Morgan fingerprint density at radius 1 is 0.868 bits per heavy atom. The Hall–Kier alpha value is -2.99. The topological polar surface area (TPSA) is 96.2 Å². The van der Waals surface area contributed by atoms with E-state index in [0.29, 0.717) is 30.8 Å². The average Bonchev–Trinajstić information content (AvgIpc) is 2.90. The number of phenols is 1. The predicted molar refractivity (Wildman–Crippen MR) is 147 cm³/mol. The maximum Gasteiger partial charge on any atom is 0.223 e. The van der Waals surface area contributed by atoms with Crippen LogP contribution in [0, 0.1) is 31.1 Å². The van der Waals surface area contributed by atoms with Gasteiger partial charge in [0.05, 0.1) is 6.10 Å². The largest absolute Gasteiger partial charge is 0.508 e. The van der Waals surface area contributed by atoms with Crippen molar-refractivity contribution < 1.29 is 24.8 Å². The highest BCUT2D eigenvalue weighted by Crippen LogP contribution is 2.50. The van der Waals surface area contributed by atoms with Crippen molar-refractivity contribution in [1.82, 2.24) is 0 Å². The van der Waals surface area contributed by atoms with E-state index < -0.39 is 22.7 Å². The highest BCUT2D eigenvalue weighted by atomic mass is 16.5. The highest BCUT2D eigenvalue weighted by molar-refractivity contribution is 5.48. The lowest BCUT2D eigenvalue weighted by Crippen LogP contribution is -2.57.